The van der Waals surface area contributed by atoms with E-state index in [1.165, 1.54) is 4.31 Å². The summed E-state index contributed by atoms with van der Waals surface area (Å²) in [6.07, 6.45) is 0.717. The van der Waals surface area contributed by atoms with Crippen molar-refractivity contribution in [2.75, 3.05) is 13.1 Å². The molecule has 1 saturated heterocycles. The van der Waals surface area contributed by atoms with Gasteiger partial charge in [0.15, 0.2) is 0 Å². The first-order valence-corrected chi connectivity index (χ1v) is 6.64. The molecule has 0 amide bonds. The van der Waals surface area contributed by atoms with Gasteiger partial charge in [-0.3, -0.25) is 5.10 Å². The highest BCUT2D eigenvalue weighted by atomic mass is 32.2. The van der Waals surface area contributed by atoms with Crippen LogP contribution in [0.2, 0.25) is 0 Å². The van der Waals surface area contributed by atoms with Gasteiger partial charge in [0.05, 0.1) is 11.4 Å². The van der Waals surface area contributed by atoms with Crippen molar-refractivity contribution in [1.29, 1.82) is 0 Å². The third-order valence-electron chi connectivity index (χ3n) is 2.85. The average Bonchev–Trinajstić information content (AvgIpc) is 2.74. The van der Waals surface area contributed by atoms with Crippen molar-refractivity contribution >= 4 is 10.0 Å². The second-order valence-electron chi connectivity index (χ2n) is 4.17. The number of H-pyrrole nitrogens is 1. The largest absolute Gasteiger partial charge is 0.326 e. The van der Waals surface area contributed by atoms with E-state index in [-0.39, 0.29) is 6.04 Å². The lowest BCUT2D eigenvalue weighted by atomic mass is 10.3. The van der Waals surface area contributed by atoms with Crippen LogP contribution in [0.1, 0.15) is 17.8 Å². The van der Waals surface area contributed by atoms with Gasteiger partial charge >= 0.3 is 0 Å². The van der Waals surface area contributed by atoms with Crippen LogP contribution in [-0.2, 0) is 10.0 Å². The summed E-state index contributed by atoms with van der Waals surface area (Å²) >= 11 is 0. The Hall–Kier alpha value is -0.920. The van der Waals surface area contributed by atoms with Gasteiger partial charge in [0.2, 0.25) is 10.0 Å². The molecular formula is C9H16N4O2S. The topological polar surface area (TPSA) is 92.1 Å². The third-order valence-corrected chi connectivity index (χ3v) is 4.97. The van der Waals surface area contributed by atoms with Crippen molar-refractivity contribution in [3.63, 3.8) is 0 Å². The molecule has 2 rings (SSSR count). The maximum atomic E-state index is 12.3. The van der Waals surface area contributed by atoms with Gasteiger partial charge in [-0.1, -0.05) is 0 Å². The number of nitrogens with one attached hydrogen (secondary N) is 1. The van der Waals surface area contributed by atoms with Crippen molar-refractivity contribution < 1.29 is 8.42 Å². The summed E-state index contributed by atoms with van der Waals surface area (Å²) in [5.41, 5.74) is 6.82. The van der Waals surface area contributed by atoms with E-state index in [9.17, 15) is 8.42 Å². The second kappa shape index (κ2) is 3.83. The molecule has 1 atom stereocenters. The van der Waals surface area contributed by atoms with Gasteiger partial charge in [0.25, 0.3) is 0 Å². The monoisotopic (exact) mass is 244 g/mol. The van der Waals surface area contributed by atoms with Gasteiger partial charge in [-0.2, -0.15) is 9.40 Å². The standard InChI is InChI=1S/C9H16N4O2S/c1-6-9(7(2)12-11-6)16(14,15)13-4-3-8(10)5-13/h8H,3-5,10H2,1-2H3,(H,11,12)/t8-/m0/s1. The first-order valence-electron chi connectivity index (χ1n) is 5.20. The first kappa shape index (κ1) is 11.6. The van der Waals surface area contributed by atoms with E-state index in [0.717, 1.165) is 6.42 Å². The van der Waals surface area contributed by atoms with Crippen molar-refractivity contribution in [3.05, 3.63) is 11.4 Å². The maximum absolute atomic E-state index is 12.3. The molecule has 90 valence electrons. The van der Waals surface area contributed by atoms with Gasteiger partial charge in [-0.25, -0.2) is 8.42 Å². The number of hydrogen-bond donors (Lipinski definition) is 2. The molecule has 0 bridgehead atoms. The summed E-state index contributed by atoms with van der Waals surface area (Å²) in [5.74, 6) is 0. The van der Waals surface area contributed by atoms with Crippen LogP contribution in [0.15, 0.2) is 4.90 Å². The van der Waals surface area contributed by atoms with Crippen LogP contribution in [0, 0.1) is 13.8 Å². The molecule has 1 aromatic rings. The molecule has 0 radical (unpaired) electrons. The van der Waals surface area contributed by atoms with Crippen molar-refractivity contribution in [2.24, 2.45) is 5.73 Å². The predicted octanol–water partition coefficient (Wildman–Crippen LogP) is -0.252. The highest BCUT2D eigenvalue weighted by molar-refractivity contribution is 7.89. The van der Waals surface area contributed by atoms with E-state index < -0.39 is 10.0 Å². The zero-order valence-corrected chi connectivity index (χ0v) is 10.2. The van der Waals surface area contributed by atoms with Gasteiger partial charge in [0, 0.05) is 19.1 Å². The molecule has 2 heterocycles. The fourth-order valence-corrected chi connectivity index (χ4v) is 3.87. The Bertz CT molecular complexity index is 474. The lowest BCUT2D eigenvalue weighted by Crippen LogP contribution is -2.32. The average molecular weight is 244 g/mol. The van der Waals surface area contributed by atoms with E-state index in [1.54, 1.807) is 13.8 Å². The fraction of sp³-hybridized carbons (Fsp3) is 0.667. The van der Waals surface area contributed by atoms with Crippen LogP contribution in [0.3, 0.4) is 0 Å². The molecule has 0 unspecified atom stereocenters. The first-order chi connectivity index (χ1) is 7.43. The molecule has 1 aliphatic heterocycles. The highest BCUT2D eigenvalue weighted by Gasteiger charge is 2.33. The lowest BCUT2D eigenvalue weighted by Gasteiger charge is -2.15. The number of nitrogens with two attached hydrogens (primary N) is 1. The fourth-order valence-electron chi connectivity index (χ4n) is 2.02. The molecule has 0 spiro atoms. The quantitative estimate of drug-likeness (QED) is 0.750. The minimum atomic E-state index is -3.43. The molecule has 1 aliphatic rings. The zero-order valence-electron chi connectivity index (χ0n) is 9.40. The molecule has 0 aromatic carbocycles. The third kappa shape index (κ3) is 1.74. The Morgan fingerprint density at radius 3 is 2.62 bits per heavy atom. The van der Waals surface area contributed by atoms with E-state index in [4.69, 9.17) is 5.73 Å². The molecule has 16 heavy (non-hydrogen) atoms. The number of sulfonamides is 1. The Balaban J connectivity index is 2.40. The number of aromatic amines is 1. The number of rotatable bonds is 2. The smallest absolute Gasteiger partial charge is 0.246 e. The predicted molar refractivity (Wildman–Crippen MR) is 59.4 cm³/mol. The summed E-state index contributed by atoms with van der Waals surface area (Å²) in [6, 6.07) is -0.0534. The van der Waals surface area contributed by atoms with Crippen molar-refractivity contribution in [3.8, 4) is 0 Å². The maximum Gasteiger partial charge on any atom is 0.246 e. The summed E-state index contributed by atoms with van der Waals surface area (Å²) in [5, 5.41) is 6.60. The molecule has 0 aliphatic carbocycles. The van der Waals surface area contributed by atoms with E-state index in [2.05, 4.69) is 10.2 Å². The van der Waals surface area contributed by atoms with E-state index in [0.29, 0.717) is 29.4 Å². The van der Waals surface area contributed by atoms with E-state index in [1.807, 2.05) is 0 Å². The minimum Gasteiger partial charge on any atom is -0.326 e. The number of hydrogen-bond acceptors (Lipinski definition) is 4. The summed E-state index contributed by atoms with van der Waals surface area (Å²) in [6.45, 7) is 4.29. The van der Waals surface area contributed by atoms with Crippen LogP contribution in [0.4, 0.5) is 0 Å². The summed E-state index contributed by atoms with van der Waals surface area (Å²) in [7, 11) is -3.43. The number of nitrogens with zero attached hydrogens (tertiary/aromatic N) is 2. The van der Waals surface area contributed by atoms with E-state index >= 15 is 0 Å². The Labute approximate surface area is 94.9 Å². The Kier molecular flexibility index (Phi) is 2.77. The normalized spacial score (nSPS) is 22.8. The van der Waals surface area contributed by atoms with Crippen molar-refractivity contribution in [1.82, 2.24) is 14.5 Å². The minimum absolute atomic E-state index is 0.0534. The molecule has 1 aromatic heterocycles. The SMILES string of the molecule is Cc1n[nH]c(C)c1S(=O)(=O)N1CC[C@H](N)C1. The van der Waals surface area contributed by atoms with Crippen LogP contribution >= 0.6 is 0 Å². The zero-order chi connectivity index (χ0) is 11.9. The Morgan fingerprint density at radius 2 is 2.19 bits per heavy atom. The Morgan fingerprint density at radius 1 is 1.50 bits per heavy atom. The second-order valence-corrected chi connectivity index (χ2v) is 6.05. The highest BCUT2D eigenvalue weighted by Crippen LogP contribution is 2.24. The van der Waals surface area contributed by atoms with Gasteiger partial charge < -0.3 is 5.73 Å². The molecule has 6 nitrogen and oxygen atoms in total. The van der Waals surface area contributed by atoms with Crippen LogP contribution in [-0.4, -0.2) is 42.1 Å². The van der Waals surface area contributed by atoms with Gasteiger partial charge in [-0.05, 0) is 20.3 Å². The van der Waals surface area contributed by atoms with Gasteiger partial charge in [0.1, 0.15) is 4.90 Å². The number of aromatic nitrogens is 2. The van der Waals surface area contributed by atoms with Gasteiger partial charge in [-0.15, -0.1) is 0 Å². The van der Waals surface area contributed by atoms with Crippen LogP contribution in [0.25, 0.3) is 0 Å². The molecule has 1 fully saturated rings. The number of aryl methyl sites for hydroxylation is 2. The molecule has 7 heteroatoms. The molecule has 0 saturated carbocycles. The van der Waals surface area contributed by atoms with Crippen LogP contribution in [0.5, 0.6) is 0 Å². The van der Waals surface area contributed by atoms with Crippen LogP contribution < -0.4 is 5.73 Å². The lowest BCUT2D eigenvalue weighted by molar-refractivity contribution is 0.471. The van der Waals surface area contributed by atoms with Crippen molar-refractivity contribution in [2.45, 2.75) is 31.2 Å². The molecule has 3 N–H and O–H groups in total. The summed E-state index contributed by atoms with van der Waals surface area (Å²) < 4.78 is 26.0. The molecular weight excluding hydrogens is 228 g/mol. The summed E-state index contributed by atoms with van der Waals surface area (Å²) in [4.78, 5) is 0.293.